The van der Waals surface area contributed by atoms with E-state index in [9.17, 15) is 9.59 Å². The smallest absolute Gasteiger partial charge is 0.267 e. The average Bonchev–Trinajstić information content (AvgIpc) is 3.13. The Kier molecular flexibility index (Phi) is 5.89. The number of nitrogens with zero attached hydrogens (tertiary/aromatic N) is 3. The van der Waals surface area contributed by atoms with E-state index < -0.39 is 12.0 Å². The zero-order chi connectivity index (χ0) is 18.4. The van der Waals surface area contributed by atoms with Crippen molar-refractivity contribution in [3.63, 3.8) is 0 Å². The van der Waals surface area contributed by atoms with Gasteiger partial charge in [-0.2, -0.15) is 0 Å². The van der Waals surface area contributed by atoms with Gasteiger partial charge in [-0.25, -0.2) is 4.98 Å². The number of ketones is 1. The summed E-state index contributed by atoms with van der Waals surface area (Å²) in [5.74, 6) is -0.255. The topological polar surface area (TPSA) is 112 Å². The lowest BCUT2D eigenvalue weighted by Gasteiger charge is -2.14. The van der Waals surface area contributed by atoms with E-state index in [-0.39, 0.29) is 17.7 Å². The van der Waals surface area contributed by atoms with Gasteiger partial charge >= 0.3 is 0 Å². The third kappa shape index (κ3) is 4.90. The molecule has 8 heteroatoms. The first-order chi connectivity index (χ1) is 11.9. The average molecular weight is 343 g/mol. The van der Waals surface area contributed by atoms with Crippen LogP contribution in [0.1, 0.15) is 37.2 Å². The summed E-state index contributed by atoms with van der Waals surface area (Å²) >= 11 is 0. The highest BCUT2D eigenvalue weighted by atomic mass is 16.6. The number of carbonyl (C=O) groups excluding carboxylic acids is 2. The van der Waals surface area contributed by atoms with Crippen LogP contribution >= 0.6 is 0 Å². The van der Waals surface area contributed by atoms with Gasteiger partial charge in [0, 0.05) is 23.6 Å². The molecule has 0 aliphatic heterocycles. The maximum absolute atomic E-state index is 12.2. The Labute approximate surface area is 145 Å². The number of oxime groups is 1. The first kappa shape index (κ1) is 18.2. The molecular formula is C17H21N5O3. The van der Waals surface area contributed by atoms with Gasteiger partial charge in [0.2, 0.25) is 6.10 Å². The van der Waals surface area contributed by atoms with E-state index in [0.717, 1.165) is 0 Å². The van der Waals surface area contributed by atoms with Crippen LogP contribution in [0.2, 0.25) is 0 Å². The van der Waals surface area contributed by atoms with Gasteiger partial charge in [-0.05, 0) is 32.9 Å². The maximum Gasteiger partial charge on any atom is 0.267 e. The number of hydrogen-bond acceptors (Lipinski definition) is 5. The van der Waals surface area contributed by atoms with Gasteiger partial charge < -0.3 is 20.5 Å². The summed E-state index contributed by atoms with van der Waals surface area (Å²) in [6.07, 6.45) is 4.15. The van der Waals surface area contributed by atoms with Crippen molar-refractivity contribution in [1.82, 2.24) is 9.55 Å². The Morgan fingerprint density at radius 2 is 2.12 bits per heavy atom. The van der Waals surface area contributed by atoms with Crippen molar-refractivity contribution in [3.05, 3.63) is 48.5 Å². The van der Waals surface area contributed by atoms with Crippen molar-refractivity contribution in [2.75, 3.05) is 5.32 Å². The Balaban J connectivity index is 1.95. The lowest BCUT2D eigenvalue weighted by Crippen LogP contribution is -2.29. The number of carbonyl (C=O) groups is 2. The summed E-state index contributed by atoms with van der Waals surface area (Å²) < 4.78 is 1.76. The number of amides is 1. The molecule has 1 aromatic heterocycles. The molecule has 1 aromatic carbocycles. The Hall–Kier alpha value is -3.16. The molecule has 0 fully saturated rings. The van der Waals surface area contributed by atoms with E-state index in [0.29, 0.717) is 11.3 Å². The molecule has 1 heterocycles. The molecule has 2 atom stereocenters. The molecule has 3 N–H and O–H groups in total. The number of nitrogens with two attached hydrogens (primary N) is 1. The minimum absolute atomic E-state index is 0.0775. The highest BCUT2D eigenvalue weighted by molar-refractivity contribution is 5.98. The molecule has 8 nitrogen and oxygen atoms in total. The summed E-state index contributed by atoms with van der Waals surface area (Å²) in [5.41, 5.74) is 6.90. The molecule has 0 saturated carbocycles. The fourth-order valence-corrected chi connectivity index (χ4v) is 1.98. The molecule has 0 saturated heterocycles. The van der Waals surface area contributed by atoms with Gasteiger partial charge in [0.15, 0.2) is 11.6 Å². The summed E-state index contributed by atoms with van der Waals surface area (Å²) in [4.78, 5) is 32.7. The molecule has 0 aliphatic rings. The van der Waals surface area contributed by atoms with Crippen molar-refractivity contribution >= 4 is 23.2 Å². The molecule has 2 rings (SSSR count). The second-order valence-electron chi connectivity index (χ2n) is 5.58. The van der Waals surface area contributed by atoms with Crippen LogP contribution in [0, 0.1) is 0 Å². The highest BCUT2D eigenvalue weighted by Gasteiger charge is 2.16. The molecule has 0 unspecified atom stereocenters. The largest absolute Gasteiger partial charge is 0.383 e. The van der Waals surface area contributed by atoms with E-state index in [1.54, 1.807) is 54.5 Å². The normalized spacial score (nSPS) is 13.8. The number of imidazole rings is 1. The van der Waals surface area contributed by atoms with Crippen LogP contribution in [0.4, 0.5) is 5.69 Å². The lowest BCUT2D eigenvalue weighted by molar-refractivity contribution is -0.126. The second-order valence-corrected chi connectivity index (χ2v) is 5.58. The third-order valence-electron chi connectivity index (χ3n) is 3.62. The SMILES string of the molecule is CC(=O)c1cccc(NC(=O)[C@@H](C)O/N=C(\N)[C@H](C)n2ccnc2)c1. The van der Waals surface area contributed by atoms with Crippen molar-refractivity contribution in [2.24, 2.45) is 10.9 Å². The number of Topliss-reactive ketones (excluding diaryl/α,β-unsaturated/α-hetero) is 1. The van der Waals surface area contributed by atoms with E-state index in [4.69, 9.17) is 10.6 Å². The monoisotopic (exact) mass is 343 g/mol. The summed E-state index contributed by atoms with van der Waals surface area (Å²) in [5, 5.41) is 6.50. The van der Waals surface area contributed by atoms with Gasteiger partial charge in [0.25, 0.3) is 5.91 Å². The number of nitrogens with one attached hydrogen (secondary N) is 1. The molecule has 1 amide bonds. The van der Waals surface area contributed by atoms with Gasteiger partial charge in [-0.1, -0.05) is 17.3 Å². The maximum atomic E-state index is 12.2. The summed E-state index contributed by atoms with van der Waals surface area (Å²) in [6.45, 7) is 4.86. The minimum Gasteiger partial charge on any atom is -0.383 e. The predicted molar refractivity (Wildman–Crippen MR) is 94.2 cm³/mol. The molecule has 2 aromatic rings. The predicted octanol–water partition coefficient (Wildman–Crippen LogP) is 1.96. The number of rotatable bonds is 7. The van der Waals surface area contributed by atoms with Crippen LogP contribution in [-0.2, 0) is 9.63 Å². The Bertz CT molecular complexity index is 770. The molecule has 0 radical (unpaired) electrons. The number of anilines is 1. The molecule has 132 valence electrons. The Morgan fingerprint density at radius 1 is 1.36 bits per heavy atom. The molecule has 25 heavy (non-hydrogen) atoms. The molecule has 0 bridgehead atoms. The van der Waals surface area contributed by atoms with Crippen LogP contribution in [0.15, 0.2) is 48.1 Å². The summed E-state index contributed by atoms with van der Waals surface area (Å²) in [7, 11) is 0. The standard InChI is InChI=1S/C17H21N5O3/c1-11(22-8-7-19-10-22)16(18)21-25-13(3)17(24)20-15-6-4-5-14(9-15)12(2)23/h4-11,13H,1-3H3,(H2,18,21)(H,20,24)/t11-,13+/m0/s1. The fraction of sp³-hybridized carbons (Fsp3) is 0.294. The first-order valence-electron chi connectivity index (χ1n) is 7.77. The number of hydrogen-bond donors (Lipinski definition) is 2. The van der Waals surface area contributed by atoms with Gasteiger partial charge in [0.1, 0.15) is 0 Å². The van der Waals surface area contributed by atoms with E-state index >= 15 is 0 Å². The van der Waals surface area contributed by atoms with Crippen molar-refractivity contribution in [3.8, 4) is 0 Å². The number of aromatic nitrogens is 2. The minimum atomic E-state index is -0.852. The Morgan fingerprint density at radius 3 is 2.76 bits per heavy atom. The molecular weight excluding hydrogens is 322 g/mol. The lowest BCUT2D eigenvalue weighted by atomic mass is 10.1. The van der Waals surface area contributed by atoms with Crippen LogP contribution in [0.25, 0.3) is 0 Å². The first-order valence-corrected chi connectivity index (χ1v) is 7.77. The van der Waals surface area contributed by atoms with Crippen LogP contribution in [0.5, 0.6) is 0 Å². The zero-order valence-electron chi connectivity index (χ0n) is 14.3. The van der Waals surface area contributed by atoms with E-state index in [1.165, 1.54) is 6.92 Å². The van der Waals surface area contributed by atoms with E-state index in [1.807, 2.05) is 6.92 Å². The fourth-order valence-electron chi connectivity index (χ4n) is 1.98. The van der Waals surface area contributed by atoms with E-state index in [2.05, 4.69) is 15.5 Å². The second kappa shape index (κ2) is 8.09. The van der Waals surface area contributed by atoms with Crippen LogP contribution in [0.3, 0.4) is 0 Å². The van der Waals surface area contributed by atoms with Crippen LogP contribution < -0.4 is 11.1 Å². The molecule has 0 aliphatic carbocycles. The summed E-state index contributed by atoms with van der Waals surface area (Å²) in [6, 6.07) is 6.42. The zero-order valence-corrected chi connectivity index (χ0v) is 14.3. The van der Waals surface area contributed by atoms with Crippen molar-refractivity contribution in [2.45, 2.75) is 32.9 Å². The molecule has 0 spiro atoms. The quantitative estimate of drug-likeness (QED) is 0.345. The van der Waals surface area contributed by atoms with Crippen molar-refractivity contribution < 1.29 is 14.4 Å². The van der Waals surface area contributed by atoms with Crippen molar-refractivity contribution in [1.29, 1.82) is 0 Å². The number of amidine groups is 1. The van der Waals surface area contributed by atoms with Gasteiger partial charge in [0.05, 0.1) is 12.4 Å². The highest BCUT2D eigenvalue weighted by Crippen LogP contribution is 2.12. The van der Waals surface area contributed by atoms with Gasteiger partial charge in [-0.3, -0.25) is 9.59 Å². The number of benzene rings is 1. The third-order valence-corrected chi connectivity index (χ3v) is 3.62. The van der Waals surface area contributed by atoms with Gasteiger partial charge in [-0.15, -0.1) is 0 Å². The van der Waals surface area contributed by atoms with Crippen LogP contribution in [-0.4, -0.2) is 33.2 Å².